The number of nitrogens with one attached hydrogen (secondary N) is 1. The van der Waals surface area contributed by atoms with Crippen LogP contribution in [0.5, 0.6) is 0 Å². The third kappa shape index (κ3) is 5.85. The smallest absolute Gasteiger partial charge is 0.233 e. The molecule has 0 unspecified atom stereocenters. The highest BCUT2D eigenvalue weighted by Gasteiger charge is 2.24. The van der Waals surface area contributed by atoms with E-state index in [-0.39, 0.29) is 5.91 Å². The summed E-state index contributed by atoms with van der Waals surface area (Å²) < 4.78 is 1.98. The van der Waals surface area contributed by atoms with Crippen LogP contribution in [0.3, 0.4) is 0 Å². The number of thioether (sulfide) groups is 1. The highest BCUT2D eigenvalue weighted by Crippen LogP contribution is 2.27. The van der Waals surface area contributed by atoms with Crippen molar-refractivity contribution in [1.82, 2.24) is 19.7 Å². The van der Waals surface area contributed by atoms with Gasteiger partial charge in [0.2, 0.25) is 5.91 Å². The summed E-state index contributed by atoms with van der Waals surface area (Å²) in [6.07, 6.45) is 1.81. The lowest BCUT2D eigenvalue weighted by molar-refractivity contribution is -0.917. The minimum Gasteiger partial charge on any atom is -0.331 e. The third-order valence-corrected chi connectivity index (χ3v) is 7.26. The molecule has 2 aromatic carbocycles. The zero-order valence-corrected chi connectivity index (χ0v) is 20.4. The number of quaternary nitrogens is 1. The summed E-state index contributed by atoms with van der Waals surface area (Å²) in [5, 5.41) is 10.1. The topological polar surface area (TPSA) is 55.5 Å². The normalized spacial score (nSPS) is 14.4. The van der Waals surface area contributed by atoms with Crippen LogP contribution in [-0.2, 0) is 17.9 Å². The van der Waals surface area contributed by atoms with Gasteiger partial charge in [0, 0.05) is 22.7 Å². The number of hydrogen-bond acceptors (Lipinski definition) is 4. The SMILES string of the molecule is C=CCn1c(SCC(=O)N2CC[NH+](Cc3ccccc3)CC2)nnc1-c1ccc(C)c(Cl)c1. The summed E-state index contributed by atoms with van der Waals surface area (Å²) in [4.78, 5) is 16.4. The fraction of sp³-hybridized carbons (Fsp3) is 0.320. The molecule has 0 saturated carbocycles. The zero-order valence-electron chi connectivity index (χ0n) is 18.8. The Morgan fingerprint density at radius 3 is 2.64 bits per heavy atom. The number of carbonyl (C=O) groups is 1. The molecule has 172 valence electrons. The summed E-state index contributed by atoms with van der Waals surface area (Å²) in [5.41, 5.74) is 3.26. The molecule has 0 atom stereocenters. The first-order valence-electron chi connectivity index (χ1n) is 11.1. The molecule has 1 aliphatic rings. The number of nitrogens with zero attached hydrogens (tertiary/aromatic N) is 4. The van der Waals surface area contributed by atoms with Crippen LogP contribution in [0, 0.1) is 6.92 Å². The van der Waals surface area contributed by atoms with Crippen LogP contribution in [0.25, 0.3) is 11.4 Å². The van der Waals surface area contributed by atoms with Crippen LogP contribution in [0.4, 0.5) is 0 Å². The van der Waals surface area contributed by atoms with Crippen LogP contribution < -0.4 is 4.90 Å². The molecule has 0 aliphatic carbocycles. The molecule has 33 heavy (non-hydrogen) atoms. The summed E-state index contributed by atoms with van der Waals surface area (Å²) in [5.74, 6) is 1.22. The van der Waals surface area contributed by atoms with Gasteiger partial charge in [-0.15, -0.1) is 16.8 Å². The quantitative estimate of drug-likeness (QED) is 0.396. The van der Waals surface area contributed by atoms with Crippen molar-refractivity contribution in [3.63, 3.8) is 0 Å². The Morgan fingerprint density at radius 2 is 1.94 bits per heavy atom. The molecule has 2 heterocycles. The average molecular weight is 483 g/mol. The number of benzene rings is 2. The second kappa shape index (κ2) is 11.0. The first kappa shape index (κ1) is 23.5. The van der Waals surface area contributed by atoms with Crippen molar-refractivity contribution < 1.29 is 9.69 Å². The summed E-state index contributed by atoms with van der Waals surface area (Å²) >= 11 is 7.74. The zero-order chi connectivity index (χ0) is 23.2. The maximum atomic E-state index is 12.9. The summed E-state index contributed by atoms with van der Waals surface area (Å²) in [6.45, 7) is 10.9. The van der Waals surface area contributed by atoms with Crippen LogP contribution in [0.15, 0.2) is 66.3 Å². The van der Waals surface area contributed by atoms with Crippen molar-refractivity contribution in [2.75, 3.05) is 31.9 Å². The maximum Gasteiger partial charge on any atom is 0.233 e. The Labute approximate surface area is 204 Å². The highest BCUT2D eigenvalue weighted by molar-refractivity contribution is 7.99. The molecule has 1 aromatic heterocycles. The number of carbonyl (C=O) groups excluding carboxylic acids is 1. The average Bonchev–Trinajstić information content (AvgIpc) is 3.23. The Kier molecular flexibility index (Phi) is 7.85. The van der Waals surface area contributed by atoms with Gasteiger partial charge in [-0.1, -0.05) is 71.9 Å². The minimum absolute atomic E-state index is 0.145. The third-order valence-electron chi connectivity index (χ3n) is 5.90. The van der Waals surface area contributed by atoms with Gasteiger partial charge in [-0.2, -0.15) is 0 Å². The standard InChI is InChI=1S/C25H28ClN5OS/c1-3-11-31-24(21-10-9-19(2)22(26)16-21)27-28-25(31)33-18-23(32)30-14-12-29(13-15-30)17-20-7-5-4-6-8-20/h3-10,16H,1,11-15,17-18H2,2H3/p+1. The Morgan fingerprint density at radius 1 is 1.18 bits per heavy atom. The van der Waals surface area contributed by atoms with Gasteiger partial charge in [0.05, 0.1) is 31.9 Å². The second-order valence-corrected chi connectivity index (χ2v) is 9.60. The number of aryl methyl sites for hydroxylation is 1. The largest absolute Gasteiger partial charge is 0.331 e. The summed E-state index contributed by atoms with van der Waals surface area (Å²) in [7, 11) is 0. The first-order chi connectivity index (χ1) is 16.0. The van der Waals surface area contributed by atoms with Crippen LogP contribution in [-0.4, -0.2) is 57.5 Å². The molecule has 6 nitrogen and oxygen atoms in total. The van der Waals surface area contributed by atoms with E-state index in [1.165, 1.54) is 22.2 Å². The van der Waals surface area contributed by atoms with Crippen molar-refractivity contribution >= 4 is 29.3 Å². The summed E-state index contributed by atoms with van der Waals surface area (Å²) in [6, 6.07) is 16.4. The number of halogens is 1. The van der Waals surface area contributed by atoms with Crippen molar-refractivity contribution in [2.45, 2.75) is 25.2 Å². The van der Waals surface area contributed by atoms with Gasteiger partial charge in [0.25, 0.3) is 0 Å². The molecule has 8 heteroatoms. The number of piperazine rings is 1. The van der Waals surface area contributed by atoms with Crippen LogP contribution in [0.1, 0.15) is 11.1 Å². The molecule has 0 bridgehead atoms. The van der Waals surface area contributed by atoms with E-state index in [0.29, 0.717) is 22.5 Å². The second-order valence-electron chi connectivity index (χ2n) is 8.25. The fourth-order valence-corrected chi connectivity index (χ4v) is 5.02. The highest BCUT2D eigenvalue weighted by atomic mass is 35.5. The predicted molar refractivity (Wildman–Crippen MR) is 134 cm³/mol. The Balaban J connectivity index is 1.35. The van der Waals surface area contributed by atoms with E-state index in [1.54, 1.807) is 0 Å². The molecular weight excluding hydrogens is 454 g/mol. The molecule has 0 spiro atoms. The van der Waals surface area contributed by atoms with Gasteiger partial charge in [-0.3, -0.25) is 9.36 Å². The van der Waals surface area contributed by atoms with E-state index in [2.05, 4.69) is 41.0 Å². The minimum atomic E-state index is 0.145. The molecule has 1 amide bonds. The first-order valence-corrected chi connectivity index (χ1v) is 12.5. The molecule has 1 aliphatic heterocycles. The fourth-order valence-electron chi connectivity index (χ4n) is 3.99. The predicted octanol–water partition coefficient (Wildman–Crippen LogP) is 3.11. The lowest BCUT2D eigenvalue weighted by Gasteiger charge is -2.32. The molecule has 1 N–H and O–H groups in total. The van der Waals surface area contributed by atoms with Crippen LogP contribution in [0.2, 0.25) is 5.02 Å². The van der Waals surface area contributed by atoms with Gasteiger partial charge in [0.1, 0.15) is 6.54 Å². The van der Waals surface area contributed by atoms with E-state index < -0.39 is 0 Å². The van der Waals surface area contributed by atoms with Gasteiger partial charge in [-0.25, -0.2) is 0 Å². The Bertz CT molecular complexity index is 1110. The van der Waals surface area contributed by atoms with Gasteiger partial charge < -0.3 is 9.80 Å². The van der Waals surface area contributed by atoms with E-state index in [1.807, 2.05) is 46.7 Å². The van der Waals surface area contributed by atoms with Crippen molar-refractivity contribution in [2.24, 2.45) is 0 Å². The number of aromatic nitrogens is 3. The monoisotopic (exact) mass is 482 g/mol. The van der Waals surface area contributed by atoms with Gasteiger partial charge in [-0.05, 0) is 18.6 Å². The van der Waals surface area contributed by atoms with Crippen LogP contribution >= 0.6 is 23.4 Å². The van der Waals surface area contributed by atoms with Crippen molar-refractivity contribution in [3.8, 4) is 11.4 Å². The lowest BCUT2D eigenvalue weighted by Crippen LogP contribution is -3.13. The maximum absolute atomic E-state index is 12.9. The molecular formula is C25H29ClN5OS+. The number of amides is 1. The Hall–Kier alpha value is -2.61. The number of hydrogen-bond donors (Lipinski definition) is 1. The van der Waals surface area contributed by atoms with Gasteiger partial charge in [0.15, 0.2) is 11.0 Å². The van der Waals surface area contributed by atoms with E-state index in [0.717, 1.165) is 49.7 Å². The molecule has 1 saturated heterocycles. The molecule has 3 aromatic rings. The van der Waals surface area contributed by atoms with E-state index in [4.69, 9.17) is 11.6 Å². The number of rotatable bonds is 8. The molecule has 4 rings (SSSR count). The van der Waals surface area contributed by atoms with Crippen molar-refractivity contribution in [1.29, 1.82) is 0 Å². The van der Waals surface area contributed by atoms with E-state index >= 15 is 0 Å². The number of allylic oxidation sites excluding steroid dienone is 1. The van der Waals surface area contributed by atoms with Gasteiger partial charge >= 0.3 is 0 Å². The molecule has 1 fully saturated rings. The van der Waals surface area contributed by atoms with Crippen molar-refractivity contribution in [3.05, 3.63) is 77.3 Å². The molecule has 0 radical (unpaired) electrons. The van der Waals surface area contributed by atoms with E-state index in [9.17, 15) is 4.79 Å². The lowest BCUT2D eigenvalue weighted by atomic mass is 10.1.